The minimum absolute atomic E-state index is 0.194. The van der Waals surface area contributed by atoms with E-state index in [4.69, 9.17) is 0 Å². The van der Waals surface area contributed by atoms with Crippen LogP contribution in [0.25, 0.3) is 16.8 Å². The molecule has 0 spiro atoms. The second-order valence-electron chi connectivity index (χ2n) is 5.66. The van der Waals surface area contributed by atoms with Crippen molar-refractivity contribution in [3.05, 3.63) is 77.2 Å². The molecule has 0 saturated heterocycles. The third kappa shape index (κ3) is 3.89. The summed E-state index contributed by atoms with van der Waals surface area (Å²) < 4.78 is 23.5. The van der Waals surface area contributed by atoms with Crippen molar-refractivity contribution in [2.45, 2.75) is 11.8 Å². The summed E-state index contributed by atoms with van der Waals surface area (Å²) in [6.45, 7) is 1.42. The minimum Gasteiger partial charge on any atom is -0.326 e. The molecule has 1 heterocycles. The topological polar surface area (TPSA) is 85.2 Å². The van der Waals surface area contributed by atoms with Gasteiger partial charge in [-0.25, -0.2) is 8.42 Å². The maximum Gasteiger partial charge on any atom is 0.255 e. The first-order valence-electron chi connectivity index (χ1n) is 7.79. The lowest BCUT2D eigenvalue weighted by molar-refractivity contribution is -0.114. The van der Waals surface area contributed by atoms with Gasteiger partial charge in [0, 0.05) is 24.9 Å². The van der Waals surface area contributed by atoms with E-state index in [2.05, 4.69) is 5.32 Å². The van der Waals surface area contributed by atoms with Crippen molar-refractivity contribution < 1.29 is 13.2 Å². The molecule has 3 aromatic rings. The molecule has 2 aromatic carbocycles. The van der Waals surface area contributed by atoms with Crippen LogP contribution in [0.2, 0.25) is 0 Å². The van der Waals surface area contributed by atoms with Crippen molar-refractivity contribution in [3.63, 3.8) is 0 Å². The van der Waals surface area contributed by atoms with E-state index in [0.717, 1.165) is 11.1 Å². The highest BCUT2D eigenvalue weighted by atomic mass is 32.2. The summed E-state index contributed by atoms with van der Waals surface area (Å²) in [6.07, 6.45) is 1.68. The first kappa shape index (κ1) is 17.6. The largest absolute Gasteiger partial charge is 0.326 e. The number of carbonyl (C=O) groups is 1. The standard InChI is InChI=1S/C19H16N2O4S/c1-13(22)20-16-3-2-4-17(11-16)21-12-15(7-10-19(21)23)14-5-8-18(9-6-14)26(24)25/h2-12,26H,1H3,(H,20,22). The molecule has 0 atom stereocenters. The molecule has 0 aliphatic carbocycles. The van der Waals surface area contributed by atoms with Crippen LogP contribution in [-0.2, 0) is 15.5 Å². The molecule has 0 aliphatic heterocycles. The Morgan fingerprint density at radius 2 is 1.65 bits per heavy atom. The SMILES string of the molecule is CC(=O)Nc1cccc(-n2cc(-c3ccc([SH](=O)=O)cc3)ccc2=O)c1. The number of thiol groups is 1. The number of nitrogens with one attached hydrogen (secondary N) is 1. The summed E-state index contributed by atoms with van der Waals surface area (Å²) >= 11 is 0. The van der Waals surface area contributed by atoms with Crippen molar-refractivity contribution in [1.29, 1.82) is 0 Å². The monoisotopic (exact) mass is 368 g/mol. The molecule has 1 amide bonds. The smallest absolute Gasteiger partial charge is 0.255 e. The third-order valence-electron chi connectivity index (χ3n) is 3.77. The van der Waals surface area contributed by atoms with E-state index in [9.17, 15) is 18.0 Å². The van der Waals surface area contributed by atoms with Gasteiger partial charge in [-0.05, 0) is 47.5 Å². The molecule has 0 radical (unpaired) electrons. The van der Waals surface area contributed by atoms with E-state index in [0.29, 0.717) is 11.4 Å². The molecule has 132 valence electrons. The average Bonchev–Trinajstić information content (AvgIpc) is 2.62. The normalized spacial score (nSPS) is 10.7. The van der Waals surface area contributed by atoms with Gasteiger partial charge in [0.1, 0.15) is 0 Å². The molecule has 0 unspecified atom stereocenters. The zero-order valence-electron chi connectivity index (χ0n) is 13.9. The van der Waals surface area contributed by atoms with Crippen LogP contribution >= 0.6 is 0 Å². The van der Waals surface area contributed by atoms with Gasteiger partial charge in [0.25, 0.3) is 5.56 Å². The number of hydrogen-bond donors (Lipinski definition) is 2. The number of hydrogen-bond acceptors (Lipinski definition) is 4. The first-order chi connectivity index (χ1) is 12.4. The van der Waals surface area contributed by atoms with Gasteiger partial charge < -0.3 is 5.32 Å². The Balaban J connectivity index is 2.03. The quantitative estimate of drug-likeness (QED) is 0.693. The third-order valence-corrected chi connectivity index (χ3v) is 4.49. The molecule has 1 N–H and O–H groups in total. The van der Waals surface area contributed by atoms with Crippen LogP contribution in [0.3, 0.4) is 0 Å². The van der Waals surface area contributed by atoms with Crippen LogP contribution in [-0.4, -0.2) is 18.9 Å². The summed E-state index contributed by atoms with van der Waals surface area (Å²) in [5, 5.41) is 2.69. The van der Waals surface area contributed by atoms with Crippen LogP contribution in [0.15, 0.2) is 76.6 Å². The fourth-order valence-electron chi connectivity index (χ4n) is 2.57. The Hall–Kier alpha value is -3.19. The summed E-state index contributed by atoms with van der Waals surface area (Å²) in [6, 6.07) is 16.5. The van der Waals surface area contributed by atoms with Crippen molar-refractivity contribution in [1.82, 2.24) is 4.57 Å². The lowest BCUT2D eigenvalue weighted by Crippen LogP contribution is -2.16. The number of amides is 1. The summed E-state index contributed by atoms with van der Waals surface area (Å²) in [5.74, 6) is -0.194. The summed E-state index contributed by atoms with van der Waals surface area (Å²) in [4.78, 5) is 23.7. The summed E-state index contributed by atoms with van der Waals surface area (Å²) in [7, 11) is -2.63. The van der Waals surface area contributed by atoms with Gasteiger partial charge in [0.05, 0.1) is 10.6 Å². The Morgan fingerprint density at radius 1 is 0.962 bits per heavy atom. The lowest BCUT2D eigenvalue weighted by atomic mass is 10.1. The molecule has 0 bridgehead atoms. The van der Waals surface area contributed by atoms with E-state index in [1.165, 1.54) is 29.7 Å². The van der Waals surface area contributed by atoms with Gasteiger partial charge >= 0.3 is 0 Å². The lowest BCUT2D eigenvalue weighted by Gasteiger charge is -2.10. The number of pyridine rings is 1. The van der Waals surface area contributed by atoms with Gasteiger partial charge in [-0.3, -0.25) is 14.2 Å². The molecule has 0 aliphatic rings. The molecule has 6 nitrogen and oxygen atoms in total. The van der Waals surface area contributed by atoms with E-state index in [-0.39, 0.29) is 16.4 Å². The first-order valence-corrected chi connectivity index (χ1v) is 8.97. The van der Waals surface area contributed by atoms with Gasteiger partial charge in [-0.1, -0.05) is 18.2 Å². The maximum atomic E-state index is 12.3. The molecule has 7 heteroatoms. The van der Waals surface area contributed by atoms with E-state index in [1.54, 1.807) is 48.7 Å². The van der Waals surface area contributed by atoms with Crippen LogP contribution in [0, 0.1) is 0 Å². The number of anilines is 1. The zero-order chi connectivity index (χ0) is 18.7. The molecule has 3 rings (SSSR count). The number of benzene rings is 2. The van der Waals surface area contributed by atoms with Crippen molar-refractivity contribution in [2.24, 2.45) is 0 Å². The number of aromatic nitrogens is 1. The van der Waals surface area contributed by atoms with Crippen molar-refractivity contribution >= 4 is 22.3 Å². The second kappa shape index (κ2) is 7.37. The molecule has 26 heavy (non-hydrogen) atoms. The number of rotatable bonds is 4. The number of nitrogens with zero attached hydrogens (tertiary/aromatic N) is 1. The van der Waals surface area contributed by atoms with Crippen LogP contribution in [0.1, 0.15) is 6.92 Å². The Bertz CT molecular complexity index is 1090. The van der Waals surface area contributed by atoms with Gasteiger partial charge in [-0.2, -0.15) is 0 Å². The van der Waals surface area contributed by atoms with Gasteiger partial charge in [0.2, 0.25) is 5.91 Å². The average molecular weight is 368 g/mol. The highest BCUT2D eigenvalue weighted by Crippen LogP contribution is 2.21. The van der Waals surface area contributed by atoms with Crippen molar-refractivity contribution in [2.75, 3.05) is 5.32 Å². The van der Waals surface area contributed by atoms with E-state index in [1.807, 2.05) is 0 Å². The highest BCUT2D eigenvalue weighted by Gasteiger charge is 2.06. The predicted octanol–water partition coefficient (Wildman–Crippen LogP) is 2.43. The summed E-state index contributed by atoms with van der Waals surface area (Å²) in [5.41, 5.74) is 2.55. The molecular weight excluding hydrogens is 352 g/mol. The van der Waals surface area contributed by atoms with Gasteiger partial charge in [-0.15, -0.1) is 0 Å². The van der Waals surface area contributed by atoms with Crippen molar-refractivity contribution in [3.8, 4) is 16.8 Å². The fraction of sp³-hybridized carbons (Fsp3) is 0.0526. The van der Waals surface area contributed by atoms with Gasteiger partial charge in [0.15, 0.2) is 10.7 Å². The Morgan fingerprint density at radius 3 is 2.31 bits per heavy atom. The van der Waals surface area contributed by atoms with Crippen LogP contribution < -0.4 is 10.9 Å². The highest BCUT2D eigenvalue weighted by molar-refractivity contribution is 7.72. The van der Waals surface area contributed by atoms with Crippen LogP contribution in [0.5, 0.6) is 0 Å². The predicted molar refractivity (Wildman–Crippen MR) is 100 cm³/mol. The van der Waals surface area contributed by atoms with Crippen LogP contribution in [0.4, 0.5) is 5.69 Å². The number of carbonyl (C=O) groups excluding carboxylic acids is 1. The zero-order valence-corrected chi connectivity index (χ0v) is 14.8. The Kier molecular flexibility index (Phi) is 4.99. The molecule has 0 fully saturated rings. The Labute approximate surface area is 151 Å². The minimum atomic E-state index is -2.63. The second-order valence-corrected chi connectivity index (χ2v) is 6.69. The molecular formula is C19H16N2O4S. The molecule has 0 saturated carbocycles. The van der Waals surface area contributed by atoms with E-state index >= 15 is 0 Å². The van der Waals surface area contributed by atoms with E-state index < -0.39 is 10.7 Å². The molecule has 1 aromatic heterocycles. The maximum absolute atomic E-state index is 12.3. The fourth-order valence-corrected chi connectivity index (χ4v) is 2.96.